The highest BCUT2D eigenvalue weighted by Gasteiger charge is 2.17. The Morgan fingerprint density at radius 3 is 2.45 bits per heavy atom. The Balaban J connectivity index is 1.77. The topological polar surface area (TPSA) is 73.1 Å². The molecule has 2 aromatic carbocycles. The normalized spacial score (nSPS) is 12.1. The third-order valence-electron chi connectivity index (χ3n) is 5.22. The first-order chi connectivity index (χ1) is 14.0. The molecule has 0 saturated heterocycles. The second-order valence-corrected chi connectivity index (χ2v) is 7.26. The van der Waals surface area contributed by atoms with Crippen molar-refractivity contribution >= 4 is 16.8 Å². The Hall–Kier alpha value is -3.15. The molecule has 0 aliphatic heterocycles. The lowest BCUT2D eigenvalue weighted by Crippen LogP contribution is -2.43. The molecule has 0 spiro atoms. The molecule has 0 aliphatic carbocycles. The van der Waals surface area contributed by atoms with E-state index >= 15 is 0 Å². The van der Waals surface area contributed by atoms with Crippen LogP contribution >= 0.6 is 0 Å². The molecule has 0 saturated carbocycles. The maximum absolute atomic E-state index is 13.0. The number of aromatic nitrogens is 2. The molecular formula is C23H27N3O3. The second kappa shape index (κ2) is 9.37. The predicted octanol–water partition coefficient (Wildman–Crippen LogP) is 2.88. The number of para-hydroxylation sites is 1. The number of carbonyl (C=O) groups excluding carboxylic acids is 1. The standard InChI is InChI=1S/C23H27N3O3/c1-3-17(2)26-22(28)19-13-7-8-14-20(19)25(23(26)29)16-21(27)24-15-9-12-18-10-5-4-6-11-18/h4-8,10-11,13-14,17H,3,9,12,15-16H2,1-2H3,(H,24,27)/t17-/m1/s1. The molecule has 0 radical (unpaired) electrons. The average Bonchev–Trinajstić information content (AvgIpc) is 2.75. The molecule has 3 rings (SSSR count). The number of aryl methyl sites for hydroxylation is 1. The molecular weight excluding hydrogens is 366 g/mol. The van der Waals surface area contributed by atoms with E-state index in [0.29, 0.717) is 23.9 Å². The molecule has 1 aromatic heterocycles. The summed E-state index contributed by atoms with van der Waals surface area (Å²) in [5, 5.41) is 3.33. The summed E-state index contributed by atoms with van der Waals surface area (Å²) in [6, 6.07) is 16.8. The number of fused-ring (bicyclic) bond motifs is 1. The van der Waals surface area contributed by atoms with Crippen molar-refractivity contribution in [2.24, 2.45) is 0 Å². The predicted molar refractivity (Wildman–Crippen MR) is 115 cm³/mol. The summed E-state index contributed by atoms with van der Waals surface area (Å²) in [7, 11) is 0. The third kappa shape index (κ3) is 4.65. The average molecular weight is 393 g/mol. The van der Waals surface area contributed by atoms with Crippen molar-refractivity contribution in [3.8, 4) is 0 Å². The summed E-state index contributed by atoms with van der Waals surface area (Å²) in [6.45, 7) is 4.19. The molecule has 0 unspecified atom stereocenters. The Morgan fingerprint density at radius 1 is 1.03 bits per heavy atom. The zero-order valence-corrected chi connectivity index (χ0v) is 16.9. The highest BCUT2D eigenvalue weighted by molar-refractivity contribution is 5.81. The van der Waals surface area contributed by atoms with Crippen LogP contribution in [-0.4, -0.2) is 21.6 Å². The van der Waals surface area contributed by atoms with E-state index in [1.807, 2.05) is 32.0 Å². The third-order valence-corrected chi connectivity index (χ3v) is 5.22. The van der Waals surface area contributed by atoms with Crippen LogP contribution in [0.25, 0.3) is 10.9 Å². The van der Waals surface area contributed by atoms with Gasteiger partial charge in [0.1, 0.15) is 6.54 Å². The highest BCUT2D eigenvalue weighted by atomic mass is 16.2. The van der Waals surface area contributed by atoms with E-state index < -0.39 is 5.69 Å². The van der Waals surface area contributed by atoms with E-state index in [4.69, 9.17) is 0 Å². The number of carbonyl (C=O) groups is 1. The number of nitrogens with one attached hydrogen (secondary N) is 1. The number of rotatable bonds is 8. The Bertz CT molecular complexity index is 1100. The van der Waals surface area contributed by atoms with Crippen molar-refractivity contribution in [3.63, 3.8) is 0 Å². The van der Waals surface area contributed by atoms with Crippen LogP contribution in [0.4, 0.5) is 0 Å². The fourth-order valence-electron chi connectivity index (χ4n) is 3.43. The molecule has 0 fully saturated rings. The van der Waals surface area contributed by atoms with Crippen LogP contribution in [0, 0.1) is 0 Å². The second-order valence-electron chi connectivity index (χ2n) is 7.26. The summed E-state index contributed by atoms with van der Waals surface area (Å²) in [5.41, 5.74) is 0.966. The van der Waals surface area contributed by atoms with Gasteiger partial charge in [0, 0.05) is 12.6 Å². The summed E-state index contributed by atoms with van der Waals surface area (Å²) >= 11 is 0. The summed E-state index contributed by atoms with van der Waals surface area (Å²) in [5.74, 6) is -0.236. The quantitative estimate of drug-likeness (QED) is 0.598. The number of benzene rings is 2. The Morgan fingerprint density at radius 2 is 1.72 bits per heavy atom. The van der Waals surface area contributed by atoms with Crippen LogP contribution in [0.5, 0.6) is 0 Å². The minimum Gasteiger partial charge on any atom is -0.355 e. The van der Waals surface area contributed by atoms with E-state index in [1.54, 1.807) is 24.3 Å². The van der Waals surface area contributed by atoms with Crippen molar-refractivity contribution in [2.75, 3.05) is 6.54 Å². The number of hydrogen-bond acceptors (Lipinski definition) is 3. The van der Waals surface area contributed by atoms with Crippen molar-refractivity contribution in [1.82, 2.24) is 14.5 Å². The van der Waals surface area contributed by atoms with Gasteiger partial charge in [-0.05, 0) is 43.9 Å². The van der Waals surface area contributed by atoms with Gasteiger partial charge < -0.3 is 5.32 Å². The molecule has 6 nitrogen and oxygen atoms in total. The summed E-state index contributed by atoms with van der Waals surface area (Å²) < 4.78 is 2.65. The molecule has 1 amide bonds. The van der Waals surface area contributed by atoms with Gasteiger partial charge in [-0.1, -0.05) is 49.4 Å². The lowest BCUT2D eigenvalue weighted by Gasteiger charge is -2.17. The first kappa shape index (κ1) is 20.6. The zero-order valence-electron chi connectivity index (χ0n) is 16.9. The van der Waals surface area contributed by atoms with Crippen LogP contribution < -0.4 is 16.6 Å². The van der Waals surface area contributed by atoms with E-state index in [0.717, 1.165) is 12.8 Å². The monoisotopic (exact) mass is 393 g/mol. The maximum atomic E-state index is 13.0. The smallest absolute Gasteiger partial charge is 0.332 e. The molecule has 152 valence electrons. The van der Waals surface area contributed by atoms with Gasteiger partial charge in [0.2, 0.25) is 5.91 Å². The minimum absolute atomic E-state index is 0.110. The first-order valence-electron chi connectivity index (χ1n) is 10.1. The minimum atomic E-state index is -0.442. The molecule has 6 heteroatoms. The SMILES string of the molecule is CC[C@@H](C)n1c(=O)c2ccccc2n(CC(=O)NCCCc2ccccc2)c1=O. The fourth-order valence-corrected chi connectivity index (χ4v) is 3.43. The van der Waals surface area contributed by atoms with E-state index in [-0.39, 0.29) is 24.1 Å². The fraction of sp³-hybridized carbons (Fsp3) is 0.348. The highest BCUT2D eigenvalue weighted by Crippen LogP contribution is 2.11. The summed E-state index contributed by atoms with van der Waals surface area (Å²) in [6.07, 6.45) is 2.35. The van der Waals surface area contributed by atoms with Crippen molar-refractivity contribution in [1.29, 1.82) is 0 Å². The molecule has 0 aliphatic rings. The summed E-state index contributed by atoms with van der Waals surface area (Å²) in [4.78, 5) is 38.3. The van der Waals surface area contributed by atoms with Crippen LogP contribution in [0.1, 0.15) is 38.3 Å². The van der Waals surface area contributed by atoms with Gasteiger partial charge in [0.05, 0.1) is 10.9 Å². The largest absolute Gasteiger partial charge is 0.355 e. The first-order valence-corrected chi connectivity index (χ1v) is 10.1. The molecule has 29 heavy (non-hydrogen) atoms. The van der Waals surface area contributed by atoms with Gasteiger partial charge in [-0.25, -0.2) is 4.79 Å². The molecule has 3 aromatic rings. The lowest BCUT2D eigenvalue weighted by molar-refractivity contribution is -0.121. The Kier molecular flexibility index (Phi) is 6.65. The van der Waals surface area contributed by atoms with Crippen LogP contribution in [-0.2, 0) is 17.8 Å². The van der Waals surface area contributed by atoms with Gasteiger partial charge in [0.25, 0.3) is 5.56 Å². The molecule has 1 atom stereocenters. The van der Waals surface area contributed by atoms with Crippen LogP contribution in [0.2, 0.25) is 0 Å². The zero-order chi connectivity index (χ0) is 20.8. The van der Waals surface area contributed by atoms with Gasteiger partial charge in [0.15, 0.2) is 0 Å². The van der Waals surface area contributed by atoms with Crippen LogP contribution in [0.15, 0.2) is 64.2 Å². The van der Waals surface area contributed by atoms with E-state index in [2.05, 4.69) is 17.4 Å². The Labute approximate surface area is 169 Å². The lowest BCUT2D eigenvalue weighted by atomic mass is 10.1. The van der Waals surface area contributed by atoms with Crippen molar-refractivity contribution in [2.45, 2.75) is 45.7 Å². The van der Waals surface area contributed by atoms with E-state index in [1.165, 1.54) is 14.7 Å². The maximum Gasteiger partial charge on any atom is 0.332 e. The van der Waals surface area contributed by atoms with Gasteiger partial charge in [-0.15, -0.1) is 0 Å². The number of hydrogen-bond donors (Lipinski definition) is 1. The van der Waals surface area contributed by atoms with Crippen molar-refractivity contribution in [3.05, 3.63) is 81.0 Å². The van der Waals surface area contributed by atoms with Gasteiger partial charge in [-0.3, -0.25) is 18.7 Å². The molecule has 0 bridgehead atoms. The van der Waals surface area contributed by atoms with Gasteiger partial charge in [-0.2, -0.15) is 0 Å². The van der Waals surface area contributed by atoms with Crippen LogP contribution in [0.3, 0.4) is 0 Å². The number of nitrogens with zero attached hydrogens (tertiary/aromatic N) is 2. The van der Waals surface area contributed by atoms with Crippen molar-refractivity contribution < 1.29 is 4.79 Å². The van der Waals surface area contributed by atoms with Gasteiger partial charge >= 0.3 is 5.69 Å². The molecule has 1 N–H and O–H groups in total. The molecule has 1 heterocycles. The van der Waals surface area contributed by atoms with E-state index in [9.17, 15) is 14.4 Å². The number of amides is 1.